The lowest BCUT2D eigenvalue weighted by molar-refractivity contribution is 0.0352. The number of hydrogen-bond acceptors (Lipinski definition) is 3. The second kappa shape index (κ2) is 6.13. The van der Waals surface area contributed by atoms with Gasteiger partial charge in [-0.3, -0.25) is 4.98 Å². The minimum Gasteiger partial charge on any atom is -0.379 e. The predicted octanol–water partition coefficient (Wildman–Crippen LogP) is 3.17. The average molecular weight is 258 g/mol. The summed E-state index contributed by atoms with van der Waals surface area (Å²) in [5, 5.41) is 4.58. The van der Waals surface area contributed by atoms with Gasteiger partial charge in [-0.1, -0.05) is 32.0 Å². The van der Waals surface area contributed by atoms with Crippen LogP contribution >= 0.6 is 0 Å². The van der Waals surface area contributed by atoms with Gasteiger partial charge in [0.2, 0.25) is 0 Å². The number of methoxy groups -OCH3 is 1. The highest BCUT2D eigenvalue weighted by Gasteiger charge is 2.25. The highest BCUT2D eigenvalue weighted by atomic mass is 16.5. The van der Waals surface area contributed by atoms with Gasteiger partial charge >= 0.3 is 0 Å². The van der Waals surface area contributed by atoms with Crippen LogP contribution in [-0.4, -0.2) is 25.2 Å². The molecular weight excluding hydrogens is 236 g/mol. The minimum absolute atomic E-state index is 0.135. The molecule has 2 unspecified atom stereocenters. The van der Waals surface area contributed by atoms with Crippen LogP contribution < -0.4 is 5.32 Å². The summed E-state index contributed by atoms with van der Waals surface area (Å²) in [7, 11) is 3.76. The smallest absolute Gasteiger partial charge is 0.0788 e. The van der Waals surface area contributed by atoms with E-state index in [4.69, 9.17) is 4.74 Å². The van der Waals surface area contributed by atoms with E-state index in [1.807, 2.05) is 25.4 Å². The fourth-order valence-electron chi connectivity index (χ4n) is 2.69. The number of pyridine rings is 1. The van der Waals surface area contributed by atoms with E-state index < -0.39 is 0 Å². The lowest BCUT2D eigenvalue weighted by Gasteiger charge is -2.29. The van der Waals surface area contributed by atoms with E-state index in [0.717, 1.165) is 5.52 Å². The molecule has 1 aromatic carbocycles. The van der Waals surface area contributed by atoms with Gasteiger partial charge in [0.05, 0.1) is 17.7 Å². The number of nitrogens with one attached hydrogen (secondary N) is 1. The molecule has 3 nitrogen and oxygen atoms in total. The van der Waals surface area contributed by atoms with Gasteiger partial charge in [-0.25, -0.2) is 0 Å². The summed E-state index contributed by atoms with van der Waals surface area (Å²) in [6.07, 6.45) is 1.97. The standard InChI is InChI=1S/C16H22N2O/c1-11(2)16(19-4)15(17-3)13-7-5-9-14-12(13)8-6-10-18-14/h5-11,15-17H,1-4H3. The number of nitrogens with zero attached hydrogens (tertiary/aromatic N) is 1. The summed E-state index contributed by atoms with van der Waals surface area (Å²) in [6.45, 7) is 4.36. The molecule has 0 saturated heterocycles. The summed E-state index contributed by atoms with van der Waals surface area (Å²) in [4.78, 5) is 4.42. The van der Waals surface area contributed by atoms with Crippen LogP contribution in [0, 0.1) is 5.92 Å². The van der Waals surface area contributed by atoms with Crippen molar-refractivity contribution < 1.29 is 4.74 Å². The second-order valence-corrected chi connectivity index (χ2v) is 5.13. The zero-order chi connectivity index (χ0) is 13.8. The van der Waals surface area contributed by atoms with Gasteiger partial charge in [0, 0.05) is 18.7 Å². The van der Waals surface area contributed by atoms with Crippen molar-refractivity contribution in [2.45, 2.75) is 26.0 Å². The third-order valence-corrected chi connectivity index (χ3v) is 3.58. The van der Waals surface area contributed by atoms with Crippen LogP contribution in [0.5, 0.6) is 0 Å². The highest BCUT2D eigenvalue weighted by Crippen LogP contribution is 2.29. The zero-order valence-electron chi connectivity index (χ0n) is 12.1. The lowest BCUT2D eigenvalue weighted by Crippen LogP contribution is -2.34. The highest BCUT2D eigenvalue weighted by molar-refractivity contribution is 5.82. The van der Waals surface area contributed by atoms with E-state index in [9.17, 15) is 0 Å². The Hall–Kier alpha value is -1.45. The number of rotatable bonds is 5. The Bertz CT molecular complexity index is 534. The van der Waals surface area contributed by atoms with Crippen LogP contribution in [-0.2, 0) is 4.74 Å². The molecule has 0 aliphatic heterocycles. The zero-order valence-corrected chi connectivity index (χ0v) is 12.1. The Labute approximate surface area is 115 Å². The fraction of sp³-hybridized carbons (Fsp3) is 0.438. The SMILES string of the molecule is CNC(c1cccc2ncccc12)C(OC)C(C)C. The first-order valence-electron chi connectivity index (χ1n) is 6.72. The predicted molar refractivity (Wildman–Crippen MR) is 79.2 cm³/mol. The topological polar surface area (TPSA) is 34.2 Å². The Morgan fingerprint density at radius 2 is 1.95 bits per heavy atom. The number of hydrogen-bond donors (Lipinski definition) is 1. The molecule has 2 aromatic rings. The largest absolute Gasteiger partial charge is 0.379 e. The molecule has 0 amide bonds. The summed E-state index contributed by atoms with van der Waals surface area (Å²) < 4.78 is 5.69. The minimum atomic E-state index is 0.135. The van der Waals surface area contributed by atoms with Crippen LogP contribution in [0.15, 0.2) is 36.5 Å². The van der Waals surface area contributed by atoms with Crippen molar-refractivity contribution in [2.75, 3.05) is 14.2 Å². The van der Waals surface area contributed by atoms with Crippen molar-refractivity contribution in [3.63, 3.8) is 0 Å². The molecular formula is C16H22N2O. The molecule has 0 saturated carbocycles. The van der Waals surface area contributed by atoms with Gasteiger partial charge in [0.15, 0.2) is 0 Å². The number of benzene rings is 1. The quantitative estimate of drug-likeness (QED) is 0.894. The second-order valence-electron chi connectivity index (χ2n) is 5.13. The molecule has 0 bridgehead atoms. The molecule has 0 spiro atoms. The molecule has 1 heterocycles. The monoisotopic (exact) mass is 258 g/mol. The Morgan fingerprint density at radius 1 is 1.16 bits per heavy atom. The van der Waals surface area contributed by atoms with E-state index in [1.165, 1.54) is 10.9 Å². The van der Waals surface area contributed by atoms with Crippen LogP contribution in [0.25, 0.3) is 10.9 Å². The summed E-state index contributed by atoms with van der Waals surface area (Å²) in [5.74, 6) is 0.439. The molecule has 0 radical (unpaired) electrons. The van der Waals surface area contributed by atoms with Gasteiger partial charge in [0.1, 0.15) is 0 Å². The number of aromatic nitrogens is 1. The molecule has 102 valence electrons. The molecule has 1 aromatic heterocycles. The molecule has 2 atom stereocenters. The summed E-state index contributed by atoms with van der Waals surface area (Å²) in [6, 6.07) is 10.5. The van der Waals surface area contributed by atoms with E-state index in [1.54, 1.807) is 7.11 Å². The first-order valence-corrected chi connectivity index (χ1v) is 6.72. The van der Waals surface area contributed by atoms with Crippen molar-refractivity contribution >= 4 is 10.9 Å². The van der Waals surface area contributed by atoms with E-state index in [0.29, 0.717) is 5.92 Å². The molecule has 0 fully saturated rings. The Balaban J connectivity index is 2.51. The first kappa shape index (κ1) is 14.0. The Kier molecular flexibility index (Phi) is 4.51. The maximum Gasteiger partial charge on any atom is 0.0788 e. The molecule has 1 N–H and O–H groups in total. The van der Waals surface area contributed by atoms with Crippen molar-refractivity contribution in [1.82, 2.24) is 10.3 Å². The van der Waals surface area contributed by atoms with Crippen LogP contribution in [0.2, 0.25) is 0 Å². The third kappa shape index (κ3) is 2.77. The normalized spacial score (nSPS) is 14.8. The van der Waals surface area contributed by atoms with Crippen molar-refractivity contribution in [1.29, 1.82) is 0 Å². The van der Waals surface area contributed by atoms with Gasteiger partial charge < -0.3 is 10.1 Å². The molecule has 0 aliphatic rings. The molecule has 2 rings (SSSR count). The van der Waals surface area contributed by atoms with Crippen LogP contribution in [0.3, 0.4) is 0 Å². The number of ether oxygens (including phenoxy) is 1. The van der Waals surface area contributed by atoms with Crippen molar-refractivity contribution in [3.8, 4) is 0 Å². The lowest BCUT2D eigenvalue weighted by atomic mass is 9.91. The van der Waals surface area contributed by atoms with Gasteiger partial charge in [-0.05, 0) is 30.7 Å². The fourth-order valence-corrected chi connectivity index (χ4v) is 2.69. The third-order valence-electron chi connectivity index (χ3n) is 3.58. The van der Waals surface area contributed by atoms with Crippen molar-refractivity contribution in [3.05, 3.63) is 42.1 Å². The number of likely N-dealkylation sites (N-methyl/N-ethyl adjacent to an activating group) is 1. The molecule has 3 heteroatoms. The first-order chi connectivity index (χ1) is 9.19. The summed E-state index contributed by atoms with van der Waals surface area (Å²) in [5.41, 5.74) is 2.27. The molecule has 19 heavy (non-hydrogen) atoms. The van der Waals surface area contributed by atoms with E-state index in [-0.39, 0.29) is 12.1 Å². The van der Waals surface area contributed by atoms with Crippen LogP contribution in [0.1, 0.15) is 25.5 Å². The van der Waals surface area contributed by atoms with Gasteiger partial charge in [-0.2, -0.15) is 0 Å². The van der Waals surface area contributed by atoms with Crippen molar-refractivity contribution in [2.24, 2.45) is 5.92 Å². The number of fused-ring (bicyclic) bond motifs is 1. The van der Waals surface area contributed by atoms with Gasteiger partial charge in [0.25, 0.3) is 0 Å². The van der Waals surface area contributed by atoms with E-state index >= 15 is 0 Å². The Morgan fingerprint density at radius 3 is 2.58 bits per heavy atom. The molecule has 0 aliphatic carbocycles. The summed E-state index contributed by atoms with van der Waals surface area (Å²) >= 11 is 0. The average Bonchev–Trinajstić information content (AvgIpc) is 2.43. The van der Waals surface area contributed by atoms with Crippen LogP contribution in [0.4, 0.5) is 0 Å². The van der Waals surface area contributed by atoms with E-state index in [2.05, 4.69) is 42.3 Å². The van der Waals surface area contributed by atoms with Gasteiger partial charge in [-0.15, -0.1) is 0 Å². The maximum atomic E-state index is 5.69. The maximum absolute atomic E-state index is 5.69.